The van der Waals surface area contributed by atoms with E-state index < -0.39 is 15.9 Å². The Hall–Kier alpha value is -3.18. The Labute approximate surface area is 246 Å². The molecule has 1 atom stereocenters. The molecule has 2 N–H and O–H groups in total. The van der Waals surface area contributed by atoms with Gasteiger partial charge in [0.25, 0.3) is 15.9 Å². The van der Waals surface area contributed by atoms with Gasteiger partial charge in [-0.25, -0.2) is 19.4 Å². The summed E-state index contributed by atoms with van der Waals surface area (Å²) < 4.78 is 35.2. The lowest BCUT2D eigenvalue weighted by molar-refractivity contribution is 0.0981. The number of nitrogens with zero attached hydrogens (tertiary/aromatic N) is 4. The molecule has 3 heterocycles. The summed E-state index contributed by atoms with van der Waals surface area (Å²) in [6, 6.07) is 9.29. The zero-order valence-electron chi connectivity index (χ0n) is 23.7. The molecule has 0 bridgehead atoms. The minimum absolute atomic E-state index is 0.0888. The predicted octanol–water partition coefficient (Wildman–Crippen LogP) is 5.63. The Bertz CT molecular complexity index is 1520. The van der Waals surface area contributed by atoms with Crippen molar-refractivity contribution in [3.8, 4) is 11.7 Å². The van der Waals surface area contributed by atoms with E-state index in [0.717, 1.165) is 12.8 Å². The van der Waals surface area contributed by atoms with Crippen LogP contribution in [0.3, 0.4) is 0 Å². The maximum absolute atomic E-state index is 13.0. The number of amides is 1. The van der Waals surface area contributed by atoms with Gasteiger partial charge < -0.3 is 10.1 Å². The molecule has 2 saturated carbocycles. The Morgan fingerprint density at radius 2 is 1.93 bits per heavy atom. The van der Waals surface area contributed by atoms with Gasteiger partial charge in [0.05, 0.1) is 12.2 Å². The highest BCUT2D eigenvalue weighted by Crippen LogP contribution is 2.48. The Kier molecular flexibility index (Phi) is 8.29. The molecule has 0 saturated heterocycles. The molecule has 0 spiro atoms. The number of carbonyl (C=O) groups excluding carboxylic acids is 1. The van der Waals surface area contributed by atoms with Crippen molar-refractivity contribution in [2.45, 2.75) is 70.7 Å². The van der Waals surface area contributed by atoms with Crippen LogP contribution in [0.4, 0.5) is 5.82 Å². The Morgan fingerprint density at radius 3 is 2.63 bits per heavy atom. The van der Waals surface area contributed by atoms with Gasteiger partial charge in [0.15, 0.2) is 10.8 Å². The fourth-order valence-corrected chi connectivity index (χ4v) is 6.39. The molecule has 0 radical (unpaired) electrons. The lowest BCUT2D eigenvalue weighted by atomic mass is 9.90. The van der Waals surface area contributed by atoms with Crippen LogP contribution in [0.15, 0.2) is 47.6 Å². The van der Waals surface area contributed by atoms with Crippen LogP contribution in [-0.4, -0.2) is 47.2 Å². The number of nitrogens with one attached hydrogen (secondary N) is 2. The smallest absolute Gasteiger partial charge is 0.281 e. The number of halogens is 1. The van der Waals surface area contributed by atoms with Gasteiger partial charge in [-0.05, 0) is 86.0 Å². The first-order chi connectivity index (χ1) is 19.4. The molecule has 10 nitrogen and oxygen atoms in total. The maximum Gasteiger partial charge on any atom is 0.281 e. The van der Waals surface area contributed by atoms with Crippen LogP contribution in [0.1, 0.15) is 76.1 Å². The van der Waals surface area contributed by atoms with E-state index >= 15 is 0 Å². The first kappa shape index (κ1) is 29.3. The van der Waals surface area contributed by atoms with E-state index in [1.54, 1.807) is 24.4 Å². The van der Waals surface area contributed by atoms with Crippen LogP contribution >= 0.6 is 11.6 Å². The average molecular weight is 601 g/mol. The second kappa shape index (κ2) is 11.6. The van der Waals surface area contributed by atoms with Crippen molar-refractivity contribution in [2.24, 2.45) is 16.7 Å². The van der Waals surface area contributed by atoms with Crippen molar-refractivity contribution in [1.82, 2.24) is 24.5 Å². The first-order valence-electron chi connectivity index (χ1n) is 14.1. The summed E-state index contributed by atoms with van der Waals surface area (Å²) in [6.07, 6.45) is 9.73. The molecule has 2 aliphatic carbocycles. The molecule has 0 aromatic carbocycles. The fourth-order valence-electron chi connectivity index (χ4n) is 5.22. The van der Waals surface area contributed by atoms with Crippen LogP contribution in [0.25, 0.3) is 5.82 Å². The third-order valence-corrected chi connectivity index (χ3v) is 9.61. The molecule has 3 aromatic rings. The zero-order valence-corrected chi connectivity index (χ0v) is 25.3. The van der Waals surface area contributed by atoms with E-state index in [0.29, 0.717) is 47.4 Å². The van der Waals surface area contributed by atoms with Gasteiger partial charge in [-0.1, -0.05) is 38.4 Å². The van der Waals surface area contributed by atoms with Gasteiger partial charge in [-0.2, -0.15) is 8.42 Å². The van der Waals surface area contributed by atoms with Crippen LogP contribution < -0.4 is 14.8 Å². The SMILES string of the molecule is CC1(C)CCC(CCNc2cccc(S(=O)(=O)NC(=O)c3ccc(-n4ccc(OCCC5(C)CC5)n4)nc3Cl)n2)C1. The topological polar surface area (TPSA) is 128 Å². The van der Waals surface area contributed by atoms with Crippen molar-refractivity contribution in [2.75, 3.05) is 18.5 Å². The summed E-state index contributed by atoms with van der Waals surface area (Å²) in [5.74, 6) is 1.01. The number of anilines is 1. The van der Waals surface area contributed by atoms with Crippen LogP contribution in [0.2, 0.25) is 5.15 Å². The van der Waals surface area contributed by atoms with E-state index in [4.69, 9.17) is 16.3 Å². The lowest BCUT2D eigenvalue weighted by Crippen LogP contribution is -2.31. The number of pyridine rings is 2. The second-order valence-electron chi connectivity index (χ2n) is 12.3. The van der Waals surface area contributed by atoms with Gasteiger partial charge in [0.1, 0.15) is 11.0 Å². The third-order valence-electron chi connectivity index (χ3n) is 8.09. The molecule has 41 heavy (non-hydrogen) atoms. The Morgan fingerprint density at radius 1 is 1.12 bits per heavy atom. The normalized spacial score (nSPS) is 19.1. The number of carbonyl (C=O) groups is 1. The highest BCUT2D eigenvalue weighted by molar-refractivity contribution is 7.90. The molecular weight excluding hydrogens is 564 g/mol. The second-order valence-corrected chi connectivity index (χ2v) is 14.3. The van der Waals surface area contributed by atoms with E-state index in [9.17, 15) is 13.2 Å². The quantitative estimate of drug-likeness (QED) is 0.256. The van der Waals surface area contributed by atoms with Crippen molar-refractivity contribution >= 4 is 33.3 Å². The van der Waals surface area contributed by atoms with Crippen LogP contribution in [-0.2, 0) is 10.0 Å². The molecule has 3 aromatic heterocycles. The Balaban J connectivity index is 1.17. The summed E-state index contributed by atoms with van der Waals surface area (Å²) in [7, 11) is -4.25. The molecule has 2 aliphatic rings. The van der Waals surface area contributed by atoms with Crippen molar-refractivity contribution in [1.29, 1.82) is 0 Å². The van der Waals surface area contributed by atoms with Crippen molar-refractivity contribution < 1.29 is 17.9 Å². The minimum Gasteiger partial charge on any atom is -0.477 e. The molecule has 12 heteroatoms. The highest BCUT2D eigenvalue weighted by atomic mass is 35.5. The molecule has 5 rings (SSSR count). The number of ether oxygens (including phenoxy) is 1. The number of rotatable bonds is 12. The standard InChI is InChI=1S/C29H37ClN6O4S/c1-28(2)12-9-20(19-28)10-16-31-22-5-4-6-25(32-22)41(38,39)35-27(37)21-7-8-23(33-26(21)30)36-17-11-24(34-36)40-18-15-29(3)13-14-29/h4-8,11,17,20H,9-10,12-16,18-19H2,1-3H3,(H,31,32)(H,35,37). The fraction of sp³-hybridized carbons (Fsp3) is 0.517. The minimum atomic E-state index is -4.25. The van der Waals surface area contributed by atoms with Gasteiger partial charge in [-0.15, -0.1) is 5.10 Å². The van der Waals surface area contributed by atoms with E-state index in [2.05, 4.69) is 41.2 Å². The van der Waals surface area contributed by atoms with E-state index in [1.165, 1.54) is 55.0 Å². The van der Waals surface area contributed by atoms with Crippen LogP contribution in [0, 0.1) is 16.7 Å². The van der Waals surface area contributed by atoms with Crippen molar-refractivity contribution in [3.05, 3.63) is 53.3 Å². The highest BCUT2D eigenvalue weighted by Gasteiger charge is 2.36. The number of hydrogen-bond acceptors (Lipinski definition) is 8. The summed E-state index contributed by atoms with van der Waals surface area (Å²) in [4.78, 5) is 21.3. The maximum atomic E-state index is 13.0. The lowest BCUT2D eigenvalue weighted by Gasteiger charge is -2.17. The van der Waals surface area contributed by atoms with E-state index in [1.807, 2.05) is 4.72 Å². The van der Waals surface area contributed by atoms with Gasteiger partial charge in [0, 0.05) is 18.8 Å². The summed E-state index contributed by atoms with van der Waals surface area (Å²) in [6.45, 7) is 8.12. The molecule has 1 unspecified atom stereocenters. The largest absolute Gasteiger partial charge is 0.477 e. The molecule has 1 amide bonds. The van der Waals surface area contributed by atoms with Crippen molar-refractivity contribution in [3.63, 3.8) is 0 Å². The summed E-state index contributed by atoms with van der Waals surface area (Å²) in [5.41, 5.74) is 0.692. The molecule has 2 fully saturated rings. The monoisotopic (exact) mass is 600 g/mol. The first-order valence-corrected chi connectivity index (χ1v) is 15.9. The number of sulfonamides is 1. The van der Waals surface area contributed by atoms with Crippen LogP contribution in [0.5, 0.6) is 5.88 Å². The van der Waals surface area contributed by atoms with Gasteiger partial charge in [-0.3, -0.25) is 4.79 Å². The summed E-state index contributed by atoms with van der Waals surface area (Å²) in [5, 5.41) is 7.14. The van der Waals surface area contributed by atoms with E-state index in [-0.39, 0.29) is 15.7 Å². The predicted molar refractivity (Wildman–Crippen MR) is 157 cm³/mol. The third kappa shape index (κ3) is 7.56. The average Bonchev–Trinajstić information content (AvgIpc) is 3.28. The number of aromatic nitrogens is 4. The van der Waals surface area contributed by atoms with Gasteiger partial charge in [0.2, 0.25) is 5.88 Å². The molecular formula is C29H37ClN6O4S. The molecule has 220 valence electrons. The summed E-state index contributed by atoms with van der Waals surface area (Å²) >= 11 is 6.29. The molecule has 0 aliphatic heterocycles. The van der Waals surface area contributed by atoms with Gasteiger partial charge >= 0.3 is 0 Å². The zero-order chi connectivity index (χ0) is 29.3. The number of hydrogen-bond donors (Lipinski definition) is 2.